The van der Waals surface area contributed by atoms with Crippen LogP contribution >= 0.6 is 23.2 Å². The minimum atomic E-state index is -0.386. The van der Waals surface area contributed by atoms with Crippen LogP contribution in [0.1, 0.15) is 0 Å². The molecule has 5 nitrogen and oxygen atoms in total. The molecule has 0 aliphatic carbocycles. The van der Waals surface area contributed by atoms with Crippen LogP contribution in [0, 0.1) is 0 Å². The fraction of sp³-hybridized carbons (Fsp3) is 0.125. The SMILES string of the molecule is CN(C)/C(=N\Nc1ccccc1Cl)C(=O)Nc1ccccc1Cl. The normalized spacial score (nSPS) is 11.0. The van der Waals surface area contributed by atoms with E-state index in [0.29, 0.717) is 21.4 Å². The molecular weight excluding hydrogens is 335 g/mol. The number of hydrogen-bond acceptors (Lipinski definition) is 3. The van der Waals surface area contributed by atoms with Crippen molar-refractivity contribution in [3.63, 3.8) is 0 Å². The van der Waals surface area contributed by atoms with Gasteiger partial charge in [-0.25, -0.2) is 0 Å². The summed E-state index contributed by atoms with van der Waals surface area (Å²) >= 11 is 12.1. The van der Waals surface area contributed by atoms with E-state index in [1.54, 1.807) is 55.4 Å². The summed E-state index contributed by atoms with van der Waals surface area (Å²) in [5.74, 6) is -0.201. The number of amides is 1. The number of carbonyl (C=O) groups is 1. The molecular formula is C16H16Cl2N4O. The molecule has 0 aliphatic rings. The van der Waals surface area contributed by atoms with Crippen LogP contribution < -0.4 is 10.7 Å². The molecule has 1 amide bonds. The number of anilines is 2. The summed E-state index contributed by atoms with van der Waals surface area (Å²) in [5.41, 5.74) is 3.93. The second kappa shape index (κ2) is 7.85. The van der Waals surface area contributed by atoms with Crippen LogP contribution in [-0.2, 0) is 4.79 Å². The van der Waals surface area contributed by atoms with E-state index in [4.69, 9.17) is 23.2 Å². The Balaban J connectivity index is 2.18. The number of nitrogens with one attached hydrogen (secondary N) is 2. The summed E-state index contributed by atoms with van der Waals surface area (Å²) in [6.07, 6.45) is 0. The van der Waals surface area contributed by atoms with Crippen molar-refractivity contribution in [2.75, 3.05) is 24.8 Å². The lowest BCUT2D eigenvalue weighted by Gasteiger charge is -2.16. The highest BCUT2D eigenvalue weighted by Gasteiger charge is 2.15. The molecule has 0 radical (unpaired) electrons. The van der Waals surface area contributed by atoms with E-state index in [1.807, 2.05) is 12.1 Å². The summed E-state index contributed by atoms with van der Waals surface area (Å²) < 4.78 is 0. The largest absolute Gasteiger partial charge is 0.357 e. The minimum Gasteiger partial charge on any atom is -0.357 e. The quantitative estimate of drug-likeness (QED) is 0.501. The molecule has 7 heteroatoms. The summed E-state index contributed by atoms with van der Waals surface area (Å²) in [6, 6.07) is 14.1. The van der Waals surface area contributed by atoms with E-state index >= 15 is 0 Å². The third-order valence-electron chi connectivity index (χ3n) is 2.90. The zero-order chi connectivity index (χ0) is 16.8. The average Bonchev–Trinajstić information content (AvgIpc) is 2.51. The second-order valence-electron chi connectivity index (χ2n) is 4.86. The molecule has 2 N–H and O–H groups in total. The maximum Gasteiger partial charge on any atom is 0.293 e. The van der Waals surface area contributed by atoms with Crippen LogP contribution in [0.25, 0.3) is 0 Å². The number of likely N-dealkylation sites (N-methyl/N-ethyl adjacent to an activating group) is 1. The third-order valence-corrected chi connectivity index (χ3v) is 3.56. The number of halogens is 2. The van der Waals surface area contributed by atoms with Gasteiger partial charge < -0.3 is 10.2 Å². The first kappa shape index (κ1) is 17.1. The Bertz CT molecular complexity index is 732. The number of benzene rings is 2. The highest BCUT2D eigenvalue weighted by atomic mass is 35.5. The minimum absolute atomic E-state index is 0.185. The Labute approximate surface area is 144 Å². The summed E-state index contributed by atoms with van der Waals surface area (Å²) in [7, 11) is 3.44. The molecule has 120 valence electrons. The van der Waals surface area contributed by atoms with E-state index in [2.05, 4.69) is 15.8 Å². The summed E-state index contributed by atoms with van der Waals surface area (Å²) in [5, 5.41) is 7.83. The predicted molar refractivity (Wildman–Crippen MR) is 96.3 cm³/mol. The van der Waals surface area contributed by atoms with Crippen molar-refractivity contribution < 1.29 is 4.79 Å². The van der Waals surface area contributed by atoms with Gasteiger partial charge in [-0.05, 0) is 24.3 Å². The van der Waals surface area contributed by atoms with Gasteiger partial charge in [0.15, 0.2) is 0 Å². The van der Waals surface area contributed by atoms with Crippen molar-refractivity contribution in [2.24, 2.45) is 5.10 Å². The average molecular weight is 351 g/mol. The van der Waals surface area contributed by atoms with Crippen LogP contribution in [0.15, 0.2) is 53.6 Å². The van der Waals surface area contributed by atoms with Gasteiger partial charge in [0.2, 0.25) is 5.84 Å². The van der Waals surface area contributed by atoms with Crippen molar-refractivity contribution in [3.8, 4) is 0 Å². The molecule has 0 saturated heterocycles. The number of rotatable bonds is 3. The number of para-hydroxylation sites is 2. The molecule has 0 aliphatic heterocycles. The van der Waals surface area contributed by atoms with Gasteiger partial charge in [-0.2, -0.15) is 5.10 Å². The van der Waals surface area contributed by atoms with E-state index < -0.39 is 0 Å². The van der Waals surface area contributed by atoms with Crippen molar-refractivity contribution in [3.05, 3.63) is 58.6 Å². The topological polar surface area (TPSA) is 56.7 Å². The van der Waals surface area contributed by atoms with Crippen LogP contribution in [-0.4, -0.2) is 30.7 Å². The maximum atomic E-state index is 12.4. The smallest absolute Gasteiger partial charge is 0.293 e. The van der Waals surface area contributed by atoms with E-state index in [0.717, 1.165) is 0 Å². The molecule has 0 bridgehead atoms. The first-order valence-electron chi connectivity index (χ1n) is 6.80. The Morgan fingerprint density at radius 2 is 1.48 bits per heavy atom. The van der Waals surface area contributed by atoms with Crippen molar-refractivity contribution in [2.45, 2.75) is 0 Å². The number of carbonyl (C=O) groups excluding carboxylic acids is 1. The molecule has 2 aromatic rings. The van der Waals surface area contributed by atoms with Gasteiger partial charge in [0.1, 0.15) is 0 Å². The van der Waals surface area contributed by atoms with E-state index in [1.165, 1.54) is 0 Å². The second-order valence-corrected chi connectivity index (χ2v) is 5.67. The van der Waals surface area contributed by atoms with Crippen LogP contribution in [0.3, 0.4) is 0 Å². The number of nitrogens with zero attached hydrogens (tertiary/aromatic N) is 2. The molecule has 23 heavy (non-hydrogen) atoms. The molecule has 0 saturated carbocycles. The van der Waals surface area contributed by atoms with E-state index in [-0.39, 0.29) is 11.7 Å². The lowest BCUT2D eigenvalue weighted by atomic mass is 10.3. The third kappa shape index (κ3) is 4.61. The predicted octanol–water partition coefficient (Wildman–Crippen LogP) is 3.92. The zero-order valence-electron chi connectivity index (χ0n) is 12.7. The van der Waals surface area contributed by atoms with Gasteiger partial charge in [0.25, 0.3) is 5.91 Å². The number of hydrazone groups is 1. The van der Waals surface area contributed by atoms with Crippen molar-refractivity contribution >= 4 is 46.3 Å². The van der Waals surface area contributed by atoms with Crippen LogP contribution in [0.4, 0.5) is 11.4 Å². The van der Waals surface area contributed by atoms with Gasteiger partial charge in [0.05, 0.1) is 21.4 Å². The number of amidine groups is 1. The number of hydrogen-bond donors (Lipinski definition) is 2. The summed E-state index contributed by atoms with van der Waals surface area (Å²) in [4.78, 5) is 14.0. The van der Waals surface area contributed by atoms with Crippen molar-refractivity contribution in [1.82, 2.24) is 4.90 Å². The van der Waals surface area contributed by atoms with Crippen molar-refractivity contribution in [1.29, 1.82) is 0 Å². The van der Waals surface area contributed by atoms with Crippen LogP contribution in [0.5, 0.6) is 0 Å². The molecule has 0 aromatic heterocycles. The monoisotopic (exact) mass is 350 g/mol. The van der Waals surface area contributed by atoms with Gasteiger partial charge in [-0.15, -0.1) is 0 Å². The molecule has 0 fully saturated rings. The molecule has 0 atom stereocenters. The highest BCUT2D eigenvalue weighted by Crippen LogP contribution is 2.21. The van der Waals surface area contributed by atoms with E-state index in [9.17, 15) is 4.79 Å². The molecule has 0 heterocycles. The standard InChI is InChI=1S/C16H16Cl2N4O/c1-22(2)15(21-20-14-10-6-4-8-12(14)18)16(23)19-13-9-5-3-7-11(13)17/h3-10,20H,1-2H3,(H,19,23)/b21-15-. The molecule has 0 spiro atoms. The molecule has 2 aromatic carbocycles. The zero-order valence-corrected chi connectivity index (χ0v) is 14.2. The van der Waals surface area contributed by atoms with Gasteiger partial charge >= 0.3 is 0 Å². The highest BCUT2D eigenvalue weighted by molar-refractivity contribution is 6.43. The van der Waals surface area contributed by atoms with Gasteiger partial charge in [-0.1, -0.05) is 47.5 Å². The lowest BCUT2D eigenvalue weighted by Crippen LogP contribution is -2.35. The lowest BCUT2D eigenvalue weighted by molar-refractivity contribution is -0.110. The summed E-state index contributed by atoms with van der Waals surface area (Å²) in [6.45, 7) is 0. The Morgan fingerprint density at radius 3 is 2.00 bits per heavy atom. The van der Waals surface area contributed by atoms with Gasteiger partial charge in [-0.3, -0.25) is 10.2 Å². The van der Waals surface area contributed by atoms with Crippen LogP contribution in [0.2, 0.25) is 10.0 Å². The Morgan fingerprint density at radius 1 is 0.957 bits per heavy atom. The fourth-order valence-corrected chi connectivity index (χ4v) is 2.12. The Hall–Kier alpha value is -2.24. The Kier molecular flexibility index (Phi) is 5.84. The first-order chi connectivity index (χ1) is 11.0. The maximum absolute atomic E-state index is 12.4. The molecule has 0 unspecified atom stereocenters. The first-order valence-corrected chi connectivity index (χ1v) is 7.56. The fourth-order valence-electron chi connectivity index (χ4n) is 1.76. The van der Waals surface area contributed by atoms with Gasteiger partial charge in [0, 0.05) is 14.1 Å². The molecule has 2 rings (SSSR count).